The van der Waals surface area contributed by atoms with Crippen molar-refractivity contribution in [3.8, 4) is 0 Å². The Balaban J connectivity index is 2.05. The molecular weight excluding hydrogens is 206 g/mol. The summed E-state index contributed by atoms with van der Waals surface area (Å²) in [5.74, 6) is -0.000565. The predicted octanol–water partition coefficient (Wildman–Crippen LogP) is 1.88. The molecule has 0 unspecified atom stereocenters. The number of carbonyl (C=O) groups excluding carboxylic acids is 2. The summed E-state index contributed by atoms with van der Waals surface area (Å²) in [6.45, 7) is 0. The first kappa shape index (κ1) is 10.5. The van der Waals surface area contributed by atoms with Gasteiger partial charge in [-0.15, -0.1) is 0 Å². The zero-order chi connectivity index (χ0) is 11.4. The fourth-order valence-electron chi connectivity index (χ4n) is 1.50. The minimum atomic E-state index is -0.464. The maximum absolute atomic E-state index is 11.6. The molecule has 0 N–H and O–H groups in total. The van der Waals surface area contributed by atoms with E-state index in [9.17, 15) is 9.59 Å². The van der Waals surface area contributed by atoms with Crippen LogP contribution in [0.3, 0.4) is 0 Å². The molecule has 2 rings (SSSR count). The van der Waals surface area contributed by atoms with Gasteiger partial charge in [-0.2, -0.15) is 0 Å². The van der Waals surface area contributed by atoms with Crippen molar-refractivity contribution in [1.29, 1.82) is 0 Å². The van der Waals surface area contributed by atoms with Crippen molar-refractivity contribution in [2.24, 2.45) is 0 Å². The van der Waals surface area contributed by atoms with Gasteiger partial charge in [-0.3, -0.25) is 9.78 Å². The topological polar surface area (TPSA) is 56.3 Å². The lowest BCUT2D eigenvalue weighted by Crippen LogP contribution is -2.10. The van der Waals surface area contributed by atoms with Crippen LogP contribution >= 0.6 is 0 Å². The van der Waals surface area contributed by atoms with E-state index in [4.69, 9.17) is 4.74 Å². The average molecular weight is 217 g/mol. The number of ether oxygens (including phenoxy) is 1. The highest BCUT2D eigenvalue weighted by Gasteiger charge is 2.15. The van der Waals surface area contributed by atoms with Crippen molar-refractivity contribution in [2.75, 3.05) is 0 Å². The number of nitrogens with zero attached hydrogens (tertiary/aromatic N) is 1. The lowest BCUT2D eigenvalue weighted by molar-refractivity contribution is -0.115. The summed E-state index contributed by atoms with van der Waals surface area (Å²) in [7, 11) is 0. The van der Waals surface area contributed by atoms with Crippen molar-refractivity contribution in [2.45, 2.75) is 19.3 Å². The van der Waals surface area contributed by atoms with Gasteiger partial charge in [0.25, 0.3) is 0 Å². The Bertz CT molecular complexity index is 437. The second kappa shape index (κ2) is 4.70. The smallest absolute Gasteiger partial charge is 0.344 e. The van der Waals surface area contributed by atoms with E-state index in [0.29, 0.717) is 24.2 Å². The number of rotatable bonds is 2. The number of esters is 1. The van der Waals surface area contributed by atoms with Gasteiger partial charge in [0.15, 0.2) is 5.78 Å². The summed E-state index contributed by atoms with van der Waals surface area (Å²) in [6.07, 6.45) is 6.34. The molecule has 0 amide bonds. The number of allylic oxidation sites excluding steroid dienone is 2. The van der Waals surface area contributed by atoms with E-state index >= 15 is 0 Å². The molecule has 1 heterocycles. The Hall–Kier alpha value is -1.97. The number of ketones is 1. The highest BCUT2D eigenvalue weighted by atomic mass is 16.5. The van der Waals surface area contributed by atoms with Gasteiger partial charge >= 0.3 is 5.97 Å². The molecule has 0 saturated carbocycles. The van der Waals surface area contributed by atoms with Crippen molar-refractivity contribution in [3.05, 3.63) is 41.9 Å². The second-order valence-electron chi connectivity index (χ2n) is 3.56. The average Bonchev–Trinajstić information content (AvgIpc) is 2.30. The molecule has 0 fully saturated rings. The van der Waals surface area contributed by atoms with Crippen LogP contribution in [0.25, 0.3) is 0 Å². The fraction of sp³-hybridized carbons (Fsp3) is 0.250. The molecule has 1 aromatic rings. The second-order valence-corrected chi connectivity index (χ2v) is 3.56. The third-order valence-electron chi connectivity index (χ3n) is 2.29. The largest absolute Gasteiger partial charge is 0.427 e. The first-order chi connectivity index (χ1) is 7.75. The van der Waals surface area contributed by atoms with E-state index in [0.717, 1.165) is 6.42 Å². The van der Waals surface area contributed by atoms with Crippen LogP contribution < -0.4 is 0 Å². The molecule has 0 aliphatic heterocycles. The van der Waals surface area contributed by atoms with Crippen LogP contribution in [-0.2, 0) is 9.53 Å². The summed E-state index contributed by atoms with van der Waals surface area (Å²) >= 11 is 0. The fourth-order valence-corrected chi connectivity index (χ4v) is 1.50. The Morgan fingerprint density at radius 1 is 1.38 bits per heavy atom. The van der Waals surface area contributed by atoms with Crippen molar-refractivity contribution < 1.29 is 14.3 Å². The normalized spacial score (nSPS) is 15.5. The molecule has 4 heteroatoms. The molecule has 0 saturated heterocycles. The first-order valence-corrected chi connectivity index (χ1v) is 5.11. The van der Waals surface area contributed by atoms with E-state index in [1.807, 2.05) is 0 Å². The number of carbonyl (C=O) groups is 2. The Morgan fingerprint density at radius 2 is 2.25 bits per heavy atom. The molecule has 82 valence electrons. The maximum atomic E-state index is 11.6. The van der Waals surface area contributed by atoms with Crippen LogP contribution in [0, 0.1) is 0 Å². The highest BCUT2D eigenvalue weighted by molar-refractivity contribution is 5.93. The van der Waals surface area contributed by atoms with Gasteiger partial charge < -0.3 is 4.74 Å². The van der Waals surface area contributed by atoms with Gasteiger partial charge in [0.2, 0.25) is 0 Å². The summed E-state index contributed by atoms with van der Waals surface area (Å²) in [5, 5.41) is 0. The predicted molar refractivity (Wildman–Crippen MR) is 56.6 cm³/mol. The summed E-state index contributed by atoms with van der Waals surface area (Å²) < 4.78 is 5.11. The number of hydrogen-bond donors (Lipinski definition) is 0. The van der Waals surface area contributed by atoms with Gasteiger partial charge in [-0.25, -0.2) is 4.79 Å². The van der Waals surface area contributed by atoms with E-state index in [2.05, 4.69) is 4.98 Å². The third kappa shape index (κ3) is 2.53. The van der Waals surface area contributed by atoms with Gasteiger partial charge in [0, 0.05) is 31.3 Å². The molecule has 1 aliphatic rings. The van der Waals surface area contributed by atoms with Gasteiger partial charge in [0.1, 0.15) is 5.76 Å². The molecule has 0 spiro atoms. The van der Waals surface area contributed by atoms with Crippen molar-refractivity contribution in [1.82, 2.24) is 4.98 Å². The molecule has 0 radical (unpaired) electrons. The van der Waals surface area contributed by atoms with Crippen LogP contribution in [0.15, 0.2) is 36.4 Å². The van der Waals surface area contributed by atoms with Crippen LogP contribution in [0.1, 0.15) is 29.6 Å². The molecule has 1 aliphatic carbocycles. The lowest BCUT2D eigenvalue weighted by atomic mass is 10.1. The highest BCUT2D eigenvalue weighted by Crippen LogP contribution is 2.17. The van der Waals surface area contributed by atoms with Crippen LogP contribution in [0.5, 0.6) is 0 Å². The molecule has 0 atom stereocenters. The number of hydrogen-bond acceptors (Lipinski definition) is 4. The van der Waals surface area contributed by atoms with Gasteiger partial charge in [-0.1, -0.05) is 0 Å². The molecule has 4 nitrogen and oxygen atoms in total. The van der Waals surface area contributed by atoms with Gasteiger partial charge in [0.05, 0.1) is 5.56 Å². The SMILES string of the molecule is O=C1C=C(OC(=O)c2cccnc2)CCC1. The molecule has 0 aromatic carbocycles. The molecular formula is C12H11NO3. The Kier molecular flexibility index (Phi) is 3.10. The number of aromatic nitrogens is 1. The summed E-state index contributed by atoms with van der Waals surface area (Å²) in [6, 6.07) is 3.29. The minimum absolute atomic E-state index is 0.0141. The monoisotopic (exact) mass is 217 g/mol. The lowest BCUT2D eigenvalue weighted by Gasteiger charge is -2.11. The molecule has 0 bridgehead atoms. The maximum Gasteiger partial charge on any atom is 0.344 e. The van der Waals surface area contributed by atoms with Crippen LogP contribution in [-0.4, -0.2) is 16.7 Å². The van der Waals surface area contributed by atoms with Gasteiger partial charge in [-0.05, 0) is 18.6 Å². The van der Waals surface area contributed by atoms with Crippen LogP contribution in [0.4, 0.5) is 0 Å². The van der Waals surface area contributed by atoms with Crippen molar-refractivity contribution >= 4 is 11.8 Å². The van der Waals surface area contributed by atoms with E-state index in [-0.39, 0.29) is 5.78 Å². The number of pyridine rings is 1. The summed E-state index contributed by atoms with van der Waals surface area (Å²) in [5.41, 5.74) is 0.390. The van der Waals surface area contributed by atoms with E-state index < -0.39 is 5.97 Å². The third-order valence-corrected chi connectivity index (χ3v) is 2.29. The zero-order valence-electron chi connectivity index (χ0n) is 8.68. The first-order valence-electron chi connectivity index (χ1n) is 5.11. The van der Waals surface area contributed by atoms with Crippen LogP contribution in [0.2, 0.25) is 0 Å². The molecule has 1 aromatic heterocycles. The Labute approximate surface area is 92.9 Å². The van der Waals surface area contributed by atoms with Crippen molar-refractivity contribution in [3.63, 3.8) is 0 Å². The van der Waals surface area contributed by atoms with E-state index in [1.54, 1.807) is 18.3 Å². The summed E-state index contributed by atoms with van der Waals surface area (Å²) in [4.78, 5) is 26.5. The zero-order valence-corrected chi connectivity index (χ0v) is 8.68. The quantitative estimate of drug-likeness (QED) is 0.709. The standard InChI is InChI=1S/C12H11NO3/c14-10-4-1-5-11(7-10)16-12(15)9-3-2-6-13-8-9/h2-3,6-8H,1,4-5H2. The molecule has 16 heavy (non-hydrogen) atoms. The van der Waals surface area contributed by atoms with E-state index in [1.165, 1.54) is 12.3 Å². The minimum Gasteiger partial charge on any atom is -0.427 e. The Morgan fingerprint density at radius 3 is 2.94 bits per heavy atom.